The van der Waals surface area contributed by atoms with Crippen LogP contribution in [0.25, 0.3) is 55.8 Å². The van der Waals surface area contributed by atoms with Gasteiger partial charge >= 0.3 is 0 Å². The molecule has 6 aromatic rings. The van der Waals surface area contributed by atoms with Gasteiger partial charge in [0.15, 0.2) is 5.82 Å². The number of nitrogens with one attached hydrogen (secondary N) is 3. The zero-order valence-corrected chi connectivity index (χ0v) is 22.0. The summed E-state index contributed by atoms with van der Waals surface area (Å²) in [6.45, 7) is 5.94. The van der Waals surface area contributed by atoms with Crippen molar-refractivity contribution in [1.82, 2.24) is 30.1 Å². The number of hydrogen-bond acceptors (Lipinski definition) is 5. The standard InChI is InChI=1S/C30H25F2N7O/c1-30(2,3)13-23(40)35-17-12-16(14-33-15-17)18-8-9-21-24(25(18)32)28(39-38-21)29-36-22-10-11-34-26(27(22)37-29)19-6-4-5-7-20(19)31/h4-12,14-15H,13H2,1-3H3,(H,35,40)(H,36,37)(H,38,39). The molecule has 0 bridgehead atoms. The van der Waals surface area contributed by atoms with E-state index in [9.17, 15) is 9.18 Å². The fourth-order valence-electron chi connectivity index (χ4n) is 4.71. The number of nitrogens with zero attached hydrogens (tertiary/aromatic N) is 4. The second-order valence-electron chi connectivity index (χ2n) is 10.8. The number of benzene rings is 2. The molecule has 0 aliphatic rings. The molecule has 0 saturated carbocycles. The Kier molecular flexibility index (Phi) is 6.10. The van der Waals surface area contributed by atoms with E-state index in [0.717, 1.165) is 0 Å². The van der Waals surface area contributed by atoms with Gasteiger partial charge < -0.3 is 10.3 Å². The van der Waals surface area contributed by atoms with Crippen molar-refractivity contribution in [2.24, 2.45) is 5.41 Å². The predicted molar refractivity (Wildman–Crippen MR) is 150 cm³/mol. The number of aromatic nitrogens is 6. The van der Waals surface area contributed by atoms with Gasteiger partial charge in [-0.15, -0.1) is 0 Å². The topological polar surface area (TPSA) is 112 Å². The summed E-state index contributed by atoms with van der Waals surface area (Å²) in [4.78, 5) is 28.8. The zero-order valence-electron chi connectivity index (χ0n) is 22.0. The number of hydrogen-bond donors (Lipinski definition) is 3. The molecule has 4 heterocycles. The van der Waals surface area contributed by atoms with Crippen LogP contribution in [0.4, 0.5) is 14.5 Å². The van der Waals surface area contributed by atoms with E-state index in [1.807, 2.05) is 20.8 Å². The van der Waals surface area contributed by atoms with Crippen LogP contribution in [-0.4, -0.2) is 36.0 Å². The molecule has 3 N–H and O–H groups in total. The van der Waals surface area contributed by atoms with Crippen molar-refractivity contribution in [3.8, 4) is 33.9 Å². The molecule has 4 aromatic heterocycles. The molecule has 0 saturated heterocycles. The molecule has 10 heteroatoms. The number of imidazole rings is 1. The summed E-state index contributed by atoms with van der Waals surface area (Å²) in [6, 6.07) is 13.1. The lowest BCUT2D eigenvalue weighted by molar-refractivity contribution is -0.117. The van der Waals surface area contributed by atoms with Crippen molar-refractivity contribution in [2.45, 2.75) is 27.2 Å². The van der Waals surface area contributed by atoms with E-state index in [2.05, 4.69) is 35.5 Å². The minimum absolute atomic E-state index is 0.145. The van der Waals surface area contributed by atoms with Gasteiger partial charge in [-0.1, -0.05) is 32.9 Å². The summed E-state index contributed by atoms with van der Waals surface area (Å²) in [5.41, 5.74) is 3.58. The van der Waals surface area contributed by atoms with Crippen LogP contribution >= 0.6 is 0 Å². The quantitative estimate of drug-likeness (QED) is 0.222. The molecule has 0 spiro atoms. The van der Waals surface area contributed by atoms with Gasteiger partial charge in [-0.2, -0.15) is 5.10 Å². The minimum Gasteiger partial charge on any atom is -0.336 e. The largest absolute Gasteiger partial charge is 0.336 e. The highest BCUT2D eigenvalue weighted by Gasteiger charge is 2.22. The van der Waals surface area contributed by atoms with Crippen LogP contribution in [0.1, 0.15) is 27.2 Å². The van der Waals surface area contributed by atoms with Gasteiger partial charge in [-0.05, 0) is 41.8 Å². The predicted octanol–water partition coefficient (Wildman–Crippen LogP) is 6.88. The molecule has 0 atom stereocenters. The lowest BCUT2D eigenvalue weighted by Gasteiger charge is -2.17. The van der Waals surface area contributed by atoms with Crippen LogP contribution in [0.3, 0.4) is 0 Å². The Morgan fingerprint density at radius 1 is 0.975 bits per heavy atom. The third-order valence-corrected chi connectivity index (χ3v) is 6.45. The number of aromatic amines is 2. The highest BCUT2D eigenvalue weighted by molar-refractivity contribution is 5.98. The Balaban J connectivity index is 1.41. The molecule has 200 valence electrons. The maximum absolute atomic E-state index is 16.1. The van der Waals surface area contributed by atoms with Gasteiger partial charge in [0.05, 0.1) is 28.3 Å². The number of anilines is 1. The van der Waals surface area contributed by atoms with Gasteiger partial charge in [-0.3, -0.25) is 19.9 Å². The average Bonchev–Trinajstić information content (AvgIpc) is 3.53. The van der Waals surface area contributed by atoms with Crippen LogP contribution in [0.5, 0.6) is 0 Å². The van der Waals surface area contributed by atoms with Crippen molar-refractivity contribution in [1.29, 1.82) is 0 Å². The first-order valence-corrected chi connectivity index (χ1v) is 12.7. The number of pyridine rings is 2. The first kappa shape index (κ1) is 25.3. The van der Waals surface area contributed by atoms with Gasteiger partial charge in [0.2, 0.25) is 5.91 Å². The molecule has 2 aromatic carbocycles. The summed E-state index contributed by atoms with van der Waals surface area (Å²) >= 11 is 0. The zero-order chi connectivity index (χ0) is 28.0. The summed E-state index contributed by atoms with van der Waals surface area (Å²) in [6.07, 6.45) is 4.96. The number of H-pyrrole nitrogens is 2. The van der Waals surface area contributed by atoms with Gasteiger partial charge in [0.25, 0.3) is 0 Å². The Morgan fingerprint density at radius 2 is 1.80 bits per heavy atom. The van der Waals surface area contributed by atoms with Crippen LogP contribution in [0.2, 0.25) is 0 Å². The Bertz CT molecular complexity index is 1900. The molecule has 8 nitrogen and oxygen atoms in total. The monoisotopic (exact) mass is 537 g/mol. The third kappa shape index (κ3) is 4.68. The van der Waals surface area contributed by atoms with E-state index in [0.29, 0.717) is 56.9 Å². The summed E-state index contributed by atoms with van der Waals surface area (Å²) in [5, 5.41) is 10.3. The Morgan fingerprint density at radius 3 is 2.60 bits per heavy atom. The van der Waals surface area contributed by atoms with E-state index >= 15 is 4.39 Å². The van der Waals surface area contributed by atoms with Crippen molar-refractivity contribution in [2.75, 3.05) is 5.32 Å². The molecular weight excluding hydrogens is 512 g/mol. The maximum Gasteiger partial charge on any atom is 0.224 e. The molecule has 0 unspecified atom stereocenters. The van der Waals surface area contributed by atoms with Crippen LogP contribution in [0, 0.1) is 17.0 Å². The Labute approximate surface area is 227 Å². The van der Waals surface area contributed by atoms with Crippen LogP contribution < -0.4 is 5.32 Å². The number of amides is 1. The van der Waals surface area contributed by atoms with Crippen molar-refractivity contribution in [3.05, 3.63) is 78.8 Å². The number of halogens is 2. The van der Waals surface area contributed by atoms with Crippen LogP contribution in [-0.2, 0) is 4.79 Å². The lowest BCUT2D eigenvalue weighted by atomic mass is 9.92. The Hall–Kier alpha value is -4.99. The molecular formula is C30H25F2N7O. The van der Waals surface area contributed by atoms with Gasteiger partial charge in [0.1, 0.15) is 28.5 Å². The first-order valence-electron chi connectivity index (χ1n) is 12.7. The minimum atomic E-state index is -0.519. The highest BCUT2D eigenvalue weighted by atomic mass is 19.1. The average molecular weight is 538 g/mol. The van der Waals surface area contributed by atoms with Crippen molar-refractivity contribution >= 4 is 33.5 Å². The normalized spacial score (nSPS) is 11.8. The molecule has 0 aliphatic heterocycles. The van der Waals surface area contributed by atoms with E-state index < -0.39 is 11.6 Å². The highest BCUT2D eigenvalue weighted by Crippen LogP contribution is 2.35. The van der Waals surface area contributed by atoms with E-state index in [1.165, 1.54) is 18.5 Å². The maximum atomic E-state index is 16.1. The summed E-state index contributed by atoms with van der Waals surface area (Å²) in [5.74, 6) is -0.773. The van der Waals surface area contributed by atoms with E-state index in [-0.39, 0.29) is 22.4 Å². The second kappa shape index (κ2) is 9.64. The smallest absolute Gasteiger partial charge is 0.224 e. The summed E-state index contributed by atoms with van der Waals surface area (Å²) in [7, 11) is 0. The van der Waals surface area contributed by atoms with Gasteiger partial charge in [0, 0.05) is 35.5 Å². The fourth-order valence-corrected chi connectivity index (χ4v) is 4.71. The molecule has 40 heavy (non-hydrogen) atoms. The molecule has 0 radical (unpaired) electrons. The SMILES string of the molecule is CC(C)(C)CC(=O)Nc1cncc(-c2ccc3[nH]nc(-c4nc5c(-c6ccccc6F)nccc5[nH]4)c3c2F)c1. The van der Waals surface area contributed by atoms with E-state index in [1.54, 1.807) is 48.7 Å². The van der Waals surface area contributed by atoms with Crippen molar-refractivity contribution < 1.29 is 13.6 Å². The van der Waals surface area contributed by atoms with Gasteiger partial charge in [-0.25, -0.2) is 13.8 Å². The summed E-state index contributed by atoms with van der Waals surface area (Å²) < 4.78 is 30.7. The fraction of sp³-hybridized carbons (Fsp3) is 0.167. The number of fused-ring (bicyclic) bond motifs is 2. The first-order chi connectivity index (χ1) is 19.2. The third-order valence-electron chi connectivity index (χ3n) is 6.45. The lowest BCUT2D eigenvalue weighted by Crippen LogP contribution is -2.19. The number of carbonyl (C=O) groups excluding carboxylic acids is 1. The molecule has 0 aliphatic carbocycles. The number of rotatable bonds is 5. The van der Waals surface area contributed by atoms with Crippen LogP contribution in [0.15, 0.2) is 67.1 Å². The molecule has 0 fully saturated rings. The van der Waals surface area contributed by atoms with E-state index in [4.69, 9.17) is 0 Å². The molecule has 6 rings (SSSR count). The molecule has 1 amide bonds. The number of carbonyl (C=O) groups is 1. The van der Waals surface area contributed by atoms with Crippen molar-refractivity contribution in [3.63, 3.8) is 0 Å². The second-order valence-corrected chi connectivity index (χ2v) is 10.8.